The average Bonchev–Trinajstić information content (AvgIpc) is 3.18. The fourth-order valence-electron chi connectivity index (χ4n) is 5.03. The molecule has 0 aromatic heterocycles. The maximum atomic E-state index is 13.4. The summed E-state index contributed by atoms with van der Waals surface area (Å²) in [7, 11) is 0. The van der Waals surface area contributed by atoms with Crippen molar-refractivity contribution in [1.29, 1.82) is 0 Å². The topological polar surface area (TPSA) is 97.8 Å². The van der Waals surface area contributed by atoms with Crippen LogP contribution < -0.4 is 14.2 Å². The fourth-order valence-corrected chi connectivity index (χ4v) is 5.03. The highest BCUT2D eigenvalue weighted by Gasteiger charge is 2.46. The Labute approximate surface area is 216 Å². The van der Waals surface area contributed by atoms with Crippen LogP contribution in [0.5, 0.6) is 17.2 Å². The highest BCUT2D eigenvalue weighted by molar-refractivity contribution is 6.46. The van der Waals surface area contributed by atoms with Gasteiger partial charge in [-0.1, -0.05) is 12.1 Å². The average molecular weight is 509 g/mol. The van der Waals surface area contributed by atoms with Gasteiger partial charge in [0.1, 0.15) is 24.7 Å². The molecule has 1 amide bonds. The number of amides is 1. The molecule has 5 rings (SSSR count). The molecule has 3 aliphatic heterocycles. The number of carbonyl (C=O) groups excluding carboxylic acids is 2. The molecule has 0 bridgehead atoms. The molecule has 2 aromatic rings. The number of rotatable bonds is 8. The molecule has 0 radical (unpaired) electrons. The fraction of sp³-hybridized carbons (Fsp3) is 0.429. The van der Waals surface area contributed by atoms with Crippen molar-refractivity contribution in [3.05, 3.63) is 59.2 Å². The smallest absolute Gasteiger partial charge is 0.295 e. The van der Waals surface area contributed by atoms with Crippen molar-refractivity contribution in [3.63, 3.8) is 0 Å². The van der Waals surface area contributed by atoms with Crippen molar-refractivity contribution in [2.45, 2.75) is 19.4 Å². The van der Waals surface area contributed by atoms with E-state index in [0.29, 0.717) is 74.4 Å². The maximum Gasteiger partial charge on any atom is 0.295 e. The number of nitrogens with zero attached hydrogens (tertiary/aromatic N) is 2. The molecule has 9 heteroatoms. The minimum atomic E-state index is -0.738. The van der Waals surface area contributed by atoms with Crippen molar-refractivity contribution in [2.75, 3.05) is 59.2 Å². The van der Waals surface area contributed by atoms with E-state index in [9.17, 15) is 14.7 Å². The molecular weight excluding hydrogens is 476 g/mol. The zero-order chi connectivity index (χ0) is 25.8. The summed E-state index contributed by atoms with van der Waals surface area (Å²) in [4.78, 5) is 30.5. The number of Topliss-reactive ketones (excluding diaryl/α,β-unsaturated/α-hetero) is 1. The first-order valence-electron chi connectivity index (χ1n) is 12.8. The molecule has 3 heterocycles. The Morgan fingerprint density at radius 1 is 1.00 bits per heavy atom. The largest absolute Gasteiger partial charge is 0.507 e. The first-order valence-corrected chi connectivity index (χ1v) is 12.8. The van der Waals surface area contributed by atoms with E-state index in [1.807, 2.05) is 31.2 Å². The molecular formula is C28H32N2O7. The van der Waals surface area contributed by atoms with Gasteiger partial charge in [0.05, 0.1) is 31.4 Å². The number of carbonyl (C=O) groups is 2. The second kappa shape index (κ2) is 11.2. The van der Waals surface area contributed by atoms with Crippen LogP contribution in [0.25, 0.3) is 5.76 Å². The van der Waals surface area contributed by atoms with Crippen molar-refractivity contribution >= 4 is 17.4 Å². The Morgan fingerprint density at radius 3 is 2.57 bits per heavy atom. The van der Waals surface area contributed by atoms with E-state index in [1.54, 1.807) is 23.1 Å². The Kier molecular flexibility index (Phi) is 7.62. The predicted molar refractivity (Wildman–Crippen MR) is 136 cm³/mol. The molecule has 1 unspecified atom stereocenters. The summed E-state index contributed by atoms with van der Waals surface area (Å²) in [5.41, 5.74) is 1.15. The van der Waals surface area contributed by atoms with Crippen LogP contribution in [-0.4, -0.2) is 85.8 Å². The highest BCUT2D eigenvalue weighted by Crippen LogP contribution is 2.41. The summed E-state index contributed by atoms with van der Waals surface area (Å²) in [6.45, 7) is 7.50. The molecule has 0 aliphatic carbocycles. The van der Waals surface area contributed by atoms with Gasteiger partial charge >= 0.3 is 0 Å². The van der Waals surface area contributed by atoms with Crippen LogP contribution in [0, 0.1) is 0 Å². The van der Waals surface area contributed by atoms with Crippen LogP contribution in [0.3, 0.4) is 0 Å². The van der Waals surface area contributed by atoms with E-state index in [4.69, 9.17) is 18.9 Å². The van der Waals surface area contributed by atoms with Gasteiger partial charge in [-0.2, -0.15) is 0 Å². The summed E-state index contributed by atoms with van der Waals surface area (Å²) in [5, 5.41) is 11.4. The second-order valence-corrected chi connectivity index (χ2v) is 9.16. The highest BCUT2D eigenvalue weighted by atomic mass is 16.6. The monoisotopic (exact) mass is 508 g/mol. The molecule has 37 heavy (non-hydrogen) atoms. The number of ketones is 1. The van der Waals surface area contributed by atoms with Crippen LogP contribution in [0.1, 0.15) is 30.5 Å². The van der Waals surface area contributed by atoms with Gasteiger partial charge in [0.25, 0.3) is 11.7 Å². The molecule has 2 fully saturated rings. The molecule has 1 atom stereocenters. The number of aliphatic hydroxyl groups is 1. The number of likely N-dealkylation sites (tertiary alicyclic amines) is 1. The molecule has 196 valence electrons. The summed E-state index contributed by atoms with van der Waals surface area (Å²) < 4.78 is 22.3. The summed E-state index contributed by atoms with van der Waals surface area (Å²) in [6, 6.07) is 11.6. The zero-order valence-electron chi connectivity index (χ0n) is 21.0. The third-order valence-electron chi connectivity index (χ3n) is 6.82. The van der Waals surface area contributed by atoms with E-state index >= 15 is 0 Å². The summed E-state index contributed by atoms with van der Waals surface area (Å²) in [6.07, 6.45) is 0.693. The molecule has 2 saturated heterocycles. The van der Waals surface area contributed by atoms with Gasteiger partial charge in [-0.05, 0) is 49.2 Å². The van der Waals surface area contributed by atoms with E-state index in [1.165, 1.54) is 0 Å². The zero-order valence-corrected chi connectivity index (χ0v) is 21.0. The summed E-state index contributed by atoms with van der Waals surface area (Å²) >= 11 is 0. The number of fused-ring (bicyclic) bond motifs is 1. The first-order chi connectivity index (χ1) is 18.1. The Bertz CT molecular complexity index is 1190. The maximum absolute atomic E-state index is 13.4. The molecule has 2 aromatic carbocycles. The van der Waals surface area contributed by atoms with Gasteiger partial charge in [0.15, 0.2) is 11.5 Å². The lowest BCUT2D eigenvalue weighted by atomic mass is 9.95. The van der Waals surface area contributed by atoms with Gasteiger partial charge in [-0.15, -0.1) is 0 Å². The molecule has 1 N–H and O–H groups in total. The first kappa shape index (κ1) is 25.1. The van der Waals surface area contributed by atoms with E-state index in [2.05, 4.69) is 4.90 Å². The lowest BCUT2D eigenvalue weighted by molar-refractivity contribution is -0.140. The third-order valence-corrected chi connectivity index (χ3v) is 6.82. The van der Waals surface area contributed by atoms with Crippen LogP contribution in [0.2, 0.25) is 0 Å². The summed E-state index contributed by atoms with van der Waals surface area (Å²) in [5.74, 6) is 0.145. The molecule has 9 nitrogen and oxygen atoms in total. The van der Waals surface area contributed by atoms with Crippen molar-refractivity contribution in [1.82, 2.24) is 9.80 Å². The Morgan fingerprint density at radius 2 is 1.78 bits per heavy atom. The number of morpholine rings is 1. The number of ether oxygens (including phenoxy) is 4. The van der Waals surface area contributed by atoms with Gasteiger partial charge < -0.3 is 29.0 Å². The van der Waals surface area contributed by atoms with Gasteiger partial charge in [-0.3, -0.25) is 14.5 Å². The quantitative estimate of drug-likeness (QED) is 0.330. The second-order valence-electron chi connectivity index (χ2n) is 9.16. The van der Waals surface area contributed by atoms with Gasteiger partial charge in [0, 0.05) is 31.7 Å². The van der Waals surface area contributed by atoms with Crippen LogP contribution in [0.15, 0.2) is 48.0 Å². The standard InChI is InChI=1S/C28H32N2O7/c1-2-35-21-6-3-5-19(17-21)25-24(26(31)20-7-8-22-23(18-20)37-16-15-36-22)27(32)28(33)30(25)10-4-9-29-11-13-34-14-12-29/h3,5-8,17-18,25,31H,2,4,9-16H2,1H3/b26-24-. The lowest BCUT2D eigenvalue weighted by Gasteiger charge is -2.29. The van der Waals surface area contributed by atoms with Crippen molar-refractivity contribution in [3.8, 4) is 17.2 Å². The normalized spacial score (nSPS) is 21.3. The van der Waals surface area contributed by atoms with Gasteiger partial charge in [0.2, 0.25) is 0 Å². The minimum Gasteiger partial charge on any atom is -0.507 e. The third kappa shape index (κ3) is 5.28. The van der Waals surface area contributed by atoms with Crippen molar-refractivity contribution < 1.29 is 33.6 Å². The predicted octanol–water partition coefficient (Wildman–Crippen LogP) is 3.00. The molecule has 3 aliphatic rings. The number of benzene rings is 2. The van der Waals surface area contributed by atoms with Gasteiger partial charge in [-0.25, -0.2) is 0 Å². The number of aliphatic hydroxyl groups excluding tert-OH is 1. The minimum absolute atomic E-state index is 0.0571. The van der Waals surface area contributed by atoms with E-state index in [-0.39, 0.29) is 11.3 Å². The van der Waals surface area contributed by atoms with Crippen LogP contribution in [0.4, 0.5) is 0 Å². The van der Waals surface area contributed by atoms with E-state index in [0.717, 1.165) is 19.6 Å². The van der Waals surface area contributed by atoms with Crippen LogP contribution in [-0.2, 0) is 14.3 Å². The Balaban J connectivity index is 1.50. The van der Waals surface area contributed by atoms with Crippen LogP contribution >= 0.6 is 0 Å². The number of hydrogen-bond acceptors (Lipinski definition) is 8. The molecule has 0 spiro atoms. The number of hydrogen-bond donors (Lipinski definition) is 1. The Hall–Kier alpha value is -3.56. The van der Waals surface area contributed by atoms with E-state index < -0.39 is 17.7 Å². The van der Waals surface area contributed by atoms with Crippen molar-refractivity contribution in [2.24, 2.45) is 0 Å². The molecule has 0 saturated carbocycles. The SMILES string of the molecule is CCOc1cccc(C2/C(=C(/O)c3ccc4c(c3)OCCO4)C(=O)C(=O)N2CCCN2CCOCC2)c1. The lowest BCUT2D eigenvalue weighted by Crippen LogP contribution is -2.38.